The molecule has 2 N–H and O–H groups in total. The highest BCUT2D eigenvalue weighted by molar-refractivity contribution is 7.92. The SMILES string of the molecule is NS(=O)(=O)C1(C(=O)Cl)CC1. The smallest absolute Gasteiger partial charge is 0.244 e. The standard InChI is InChI=1S/C4H6ClNO3S/c5-3(7)4(1-2-4)10(6,8)9/h1-2H2,(H2,6,8,9). The van der Waals surface area contributed by atoms with E-state index in [1.807, 2.05) is 0 Å². The maximum Gasteiger partial charge on any atom is 0.244 e. The first-order chi connectivity index (χ1) is 4.40. The first-order valence-electron chi connectivity index (χ1n) is 2.62. The Kier molecular flexibility index (Phi) is 1.54. The van der Waals surface area contributed by atoms with E-state index in [0.717, 1.165) is 0 Å². The fraction of sp³-hybridized carbons (Fsp3) is 0.750. The maximum absolute atomic E-state index is 10.6. The topological polar surface area (TPSA) is 77.2 Å². The zero-order valence-corrected chi connectivity index (χ0v) is 6.57. The number of rotatable bonds is 2. The van der Waals surface area contributed by atoms with Gasteiger partial charge in [0, 0.05) is 0 Å². The summed E-state index contributed by atoms with van der Waals surface area (Å²) in [4.78, 5) is 10.5. The first-order valence-corrected chi connectivity index (χ1v) is 4.55. The molecule has 0 unspecified atom stereocenters. The summed E-state index contributed by atoms with van der Waals surface area (Å²) in [5.74, 6) is 0. The molecule has 1 aliphatic carbocycles. The van der Waals surface area contributed by atoms with Crippen LogP contribution in [0.5, 0.6) is 0 Å². The Morgan fingerprint density at radius 2 is 1.90 bits per heavy atom. The van der Waals surface area contributed by atoms with Gasteiger partial charge in [-0.05, 0) is 24.4 Å². The van der Waals surface area contributed by atoms with E-state index < -0.39 is 20.0 Å². The fourth-order valence-corrected chi connectivity index (χ4v) is 2.11. The highest BCUT2D eigenvalue weighted by Gasteiger charge is 2.58. The van der Waals surface area contributed by atoms with Crippen LogP contribution in [0.25, 0.3) is 0 Å². The van der Waals surface area contributed by atoms with Crippen LogP contribution in [0, 0.1) is 0 Å². The number of carbonyl (C=O) groups is 1. The Morgan fingerprint density at radius 1 is 1.50 bits per heavy atom. The van der Waals surface area contributed by atoms with Crippen molar-refractivity contribution in [2.24, 2.45) is 5.14 Å². The van der Waals surface area contributed by atoms with E-state index in [0.29, 0.717) is 0 Å². The summed E-state index contributed by atoms with van der Waals surface area (Å²) in [7, 11) is -3.77. The van der Waals surface area contributed by atoms with E-state index >= 15 is 0 Å². The van der Waals surface area contributed by atoms with Crippen LogP contribution in [0.4, 0.5) is 0 Å². The van der Waals surface area contributed by atoms with Crippen molar-refractivity contribution in [3.05, 3.63) is 0 Å². The monoisotopic (exact) mass is 183 g/mol. The summed E-state index contributed by atoms with van der Waals surface area (Å²) in [5, 5.41) is 3.88. The lowest BCUT2D eigenvalue weighted by Crippen LogP contribution is -2.35. The van der Waals surface area contributed by atoms with Gasteiger partial charge in [0.1, 0.15) is 0 Å². The molecule has 1 aliphatic rings. The molecule has 0 saturated heterocycles. The van der Waals surface area contributed by atoms with E-state index in [1.165, 1.54) is 0 Å². The van der Waals surface area contributed by atoms with Crippen LogP contribution in [-0.2, 0) is 14.8 Å². The normalized spacial score (nSPS) is 22.2. The van der Waals surface area contributed by atoms with E-state index in [2.05, 4.69) is 0 Å². The average molecular weight is 184 g/mol. The molecular formula is C4H6ClNO3S. The number of halogens is 1. The third-order valence-electron chi connectivity index (χ3n) is 1.61. The fourth-order valence-electron chi connectivity index (χ4n) is 0.706. The lowest BCUT2D eigenvalue weighted by Gasteiger charge is -2.04. The van der Waals surface area contributed by atoms with Gasteiger partial charge < -0.3 is 0 Å². The Balaban J connectivity index is 3.02. The van der Waals surface area contributed by atoms with Crippen LogP contribution < -0.4 is 5.14 Å². The van der Waals surface area contributed by atoms with Crippen molar-refractivity contribution >= 4 is 26.9 Å². The number of sulfonamides is 1. The number of hydrogen-bond acceptors (Lipinski definition) is 3. The van der Waals surface area contributed by atoms with Crippen LogP contribution in [0.1, 0.15) is 12.8 Å². The maximum atomic E-state index is 10.6. The van der Waals surface area contributed by atoms with Gasteiger partial charge in [0.05, 0.1) is 0 Å². The third kappa shape index (κ3) is 0.941. The summed E-state index contributed by atoms with van der Waals surface area (Å²) in [6.07, 6.45) is 0.516. The Hall–Kier alpha value is -0.130. The number of nitrogens with two attached hydrogens (primary N) is 1. The zero-order valence-electron chi connectivity index (χ0n) is 5.00. The lowest BCUT2D eigenvalue weighted by atomic mass is 10.5. The third-order valence-corrected chi connectivity index (χ3v) is 3.76. The minimum Gasteiger partial charge on any atom is -0.279 e. The van der Waals surface area contributed by atoms with Gasteiger partial charge in [0.2, 0.25) is 15.3 Å². The summed E-state index contributed by atoms with van der Waals surface area (Å²) >= 11 is 5.02. The van der Waals surface area contributed by atoms with Crippen molar-refractivity contribution in [2.75, 3.05) is 0 Å². The van der Waals surface area contributed by atoms with Crippen LogP contribution in [-0.4, -0.2) is 18.4 Å². The molecule has 58 valence electrons. The van der Waals surface area contributed by atoms with E-state index in [1.54, 1.807) is 0 Å². The van der Waals surface area contributed by atoms with Gasteiger partial charge in [0.15, 0.2) is 4.75 Å². The van der Waals surface area contributed by atoms with Crippen LogP contribution in [0.2, 0.25) is 0 Å². The van der Waals surface area contributed by atoms with Gasteiger partial charge in [0.25, 0.3) is 0 Å². The van der Waals surface area contributed by atoms with Crippen LogP contribution in [0.3, 0.4) is 0 Å². The molecule has 0 aliphatic heterocycles. The molecule has 0 heterocycles. The van der Waals surface area contributed by atoms with Gasteiger partial charge >= 0.3 is 0 Å². The van der Waals surface area contributed by atoms with Gasteiger partial charge in [-0.1, -0.05) is 0 Å². The highest BCUT2D eigenvalue weighted by atomic mass is 35.5. The number of hydrogen-bond donors (Lipinski definition) is 1. The minimum atomic E-state index is -3.77. The van der Waals surface area contributed by atoms with E-state index in [-0.39, 0.29) is 12.8 Å². The molecule has 0 aromatic heterocycles. The molecule has 0 atom stereocenters. The first kappa shape index (κ1) is 7.97. The molecule has 0 amide bonds. The van der Waals surface area contributed by atoms with Crippen molar-refractivity contribution < 1.29 is 13.2 Å². The Labute approximate surface area is 63.4 Å². The predicted octanol–water partition coefficient (Wildman–Crippen LogP) is -0.427. The zero-order chi connectivity index (χ0) is 7.99. The van der Waals surface area contributed by atoms with Gasteiger partial charge in [-0.2, -0.15) is 0 Å². The second-order valence-corrected chi connectivity index (χ2v) is 4.53. The van der Waals surface area contributed by atoms with Gasteiger partial charge in [-0.25, -0.2) is 13.6 Å². The Bertz CT molecular complexity index is 266. The molecule has 0 spiro atoms. The molecule has 1 rings (SSSR count). The molecule has 6 heteroatoms. The van der Waals surface area contributed by atoms with Crippen molar-refractivity contribution in [1.82, 2.24) is 0 Å². The largest absolute Gasteiger partial charge is 0.279 e. The summed E-state index contributed by atoms with van der Waals surface area (Å²) in [6, 6.07) is 0. The summed E-state index contributed by atoms with van der Waals surface area (Å²) in [6.45, 7) is 0. The van der Waals surface area contributed by atoms with Crippen molar-refractivity contribution in [2.45, 2.75) is 17.6 Å². The average Bonchev–Trinajstić information content (AvgIpc) is 2.36. The molecule has 1 fully saturated rings. The van der Waals surface area contributed by atoms with Gasteiger partial charge in [-0.3, -0.25) is 4.79 Å². The van der Waals surface area contributed by atoms with Crippen molar-refractivity contribution in [3.8, 4) is 0 Å². The number of carbonyl (C=O) groups excluding carboxylic acids is 1. The molecule has 0 aromatic carbocycles. The highest BCUT2D eigenvalue weighted by Crippen LogP contribution is 2.43. The molecule has 0 aromatic rings. The molecule has 4 nitrogen and oxygen atoms in total. The summed E-state index contributed by atoms with van der Waals surface area (Å²) in [5.41, 5.74) is 0. The molecule has 0 radical (unpaired) electrons. The van der Waals surface area contributed by atoms with E-state index in [9.17, 15) is 13.2 Å². The quantitative estimate of drug-likeness (QED) is 0.591. The van der Waals surface area contributed by atoms with Crippen molar-refractivity contribution in [3.63, 3.8) is 0 Å². The second-order valence-electron chi connectivity index (χ2n) is 2.31. The number of primary sulfonamides is 1. The summed E-state index contributed by atoms with van der Waals surface area (Å²) < 4.78 is 19.8. The molecular weight excluding hydrogens is 178 g/mol. The minimum absolute atomic E-state index is 0.258. The molecule has 10 heavy (non-hydrogen) atoms. The van der Waals surface area contributed by atoms with Crippen LogP contribution in [0.15, 0.2) is 0 Å². The molecule has 1 saturated carbocycles. The predicted molar refractivity (Wildman–Crippen MR) is 35.9 cm³/mol. The van der Waals surface area contributed by atoms with Gasteiger partial charge in [-0.15, -0.1) is 0 Å². The van der Waals surface area contributed by atoms with E-state index in [4.69, 9.17) is 16.7 Å². The lowest BCUT2D eigenvalue weighted by molar-refractivity contribution is -0.111. The van der Waals surface area contributed by atoms with Crippen molar-refractivity contribution in [1.29, 1.82) is 0 Å². The Morgan fingerprint density at radius 3 is 1.90 bits per heavy atom. The second kappa shape index (κ2) is 1.93. The molecule has 0 bridgehead atoms. The van der Waals surface area contributed by atoms with Crippen LogP contribution >= 0.6 is 11.6 Å².